The number of rotatable bonds is 10. The molecule has 0 unspecified atom stereocenters. The largest absolute Gasteiger partial charge is 0.467 e. The van der Waals surface area contributed by atoms with Crippen molar-refractivity contribution < 1.29 is 23.9 Å². The topological polar surface area (TPSA) is 84.9 Å². The summed E-state index contributed by atoms with van der Waals surface area (Å²) in [5.74, 6) is -1.52. The molecular formula is C31H32N2O5S. The lowest BCUT2D eigenvalue weighted by Gasteiger charge is -2.31. The van der Waals surface area contributed by atoms with Gasteiger partial charge in [-0.15, -0.1) is 0 Å². The second-order valence-corrected chi connectivity index (χ2v) is 9.98. The molecule has 0 bridgehead atoms. The van der Waals surface area contributed by atoms with Crippen molar-refractivity contribution in [3.8, 4) is 11.1 Å². The van der Waals surface area contributed by atoms with Crippen molar-refractivity contribution in [1.29, 1.82) is 0 Å². The highest BCUT2D eigenvalue weighted by Gasteiger charge is 2.36. The number of amides is 2. The van der Waals surface area contributed by atoms with Crippen LogP contribution in [0.5, 0.6) is 0 Å². The highest BCUT2D eigenvalue weighted by Crippen LogP contribution is 2.44. The number of fused-ring (bicyclic) bond motifs is 3. The van der Waals surface area contributed by atoms with E-state index in [0.29, 0.717) is 0 Å². The molecule has 0 aromatic heterocycles. The number of thiocarbonyl (C=S) groups is 1. The van der Waals surface area contributed by atoms with Gasteiger partial charge in [-0.25, -0.2) is 9.59 Å². The van der Waals surface area contributed by atoms with E-state index >= 15 is 0 Å². The zero-order chi connectivity index (χ0) is 27.9. The van der Waals surface area contributed by atoms with E-state index in [1.807, 2.05) is 66.7 Å². The van der Waals surface area contributed by atoms with Gasteiger partial charge in [0, 0.05) is 12.3 Å². The van der Waals surface area contributed by atoms with Crippen molar-refractivity contribution in [3.05, 3.63) is 95.6 Å². The number of nitrogens with zero attached hydrogens (tertiary/aromatic N) is 1. The van der Waals surface area contributed by atoms with Crippen LogP contribution in [0.3, 0.4) is 0 Å². The molecule has 3 aromatic rings. The van der Waals surface area contributed by atoms with Crippen molar-refractivity contribution in [2.75, 3.05) is 13.7 Å². The minimum absolute atomic E-state index is 0.108. The minimum Gasteiger partial charge on any atom is -0.467 e. The summed E-state index contributed by atoms with van der Waals surface area (Å²) in [6, 6.07) is 23.5. The van der Waals surface area contributed by atoms with Crippen molar-refractivity contribution in [1.82, 2.24) is 10.2 Å². The lowest BCUT2D eigenvalue weighted by atomic mass is 9.98. The van der Waals surface area contributed by atoms with Crippen LogP contribution in [0.4, 0.5) is 4.79 Å². The number of hydrogen-bond donors (Lipinski definition) is 1. The molecule has 0 saturated heterocycles. The highest BCUT2D eigenvalue weighted by atomic mass is 32.1. The van der Waals surface area contributed by atoms with Gasteiger partial charge in [0.1, 0.15) is 18.7 Å². The predicted octanol–water partition coefficient (Wildman–Crippen LogP) is 5.12. The zero-order valence-corrected chi connectivity index (χ0v) is 23.0. The molecule has 0 heterocycles. The summed E-state index contributed by atoms with van der Waals surface area (Å²) in [6.07, 6.45) is -0.506. The van der Waals surface area contributed by atoms with Gasteiger partial charge < -0.3 is 14.8 Å². The Morgan fingerprint density at radius 3 is 2.03 bits per heavy atom. The summed E-state index contributed by atoms with van der Waals surface area (Å²) >= 11 is 5.16. The fourth-order valence-corrected chi connectivity index (χ4v) is 5.24. The van der Waals surface area contributed by atoms with Crippen LogP contribution in [0.15, 0.2) is 78.9 Å². The van der Waals surface area contributed by atoms with Gasteiger partial charge in [0.15, 0.2) is 0 Å². The van der Waals surface area contributed by atoms with E-state index in [2.05, 4.69) is 17.4 Å². The Balaban J connectivity index is 1.47. The molecule has 0 spiro atoms. The molecule has 0 radical (unpaired) electrons. The number of benzene rings is 3. The fraction of sp³-hybridized carbons (Fsp3) is 0.290. The van der Waals surface area contributed by atoms with Crippen molar-refractivity contribution in [2.24, 2.45) is 5.92 Å². The molecule has 1 aliphatic rings. The van der Waals surface area contributed by atoms with Gasteiger partial charge in [0.05, 0.1) is 12.6 Å². The lowest BCUT2D eigenvalue weighted by Crippen LogP contribution is -2.55. The minimum atomic E-state index is -0.979. The quantitative estimate of drug-likeness (QED) is 0.282. The molecule has 4 rings (SSSR count). The van der Waals surface area contributed by atoms with Gasteiger partial charge in [0.25, 0.3) is 5.91 Å². The van der Waals surface area contributed by atoms with Crippen LogP contribution >= 0.6 is 12.2 Å². The number of alkyl carbamates (subject to hydrolysis) is 1. The van der Waals surface area contributed by atoms with E-state index in [9.17, 15) is 14.4 Å². The first-order valence-corrected chi connectivity index (χ1v) is 13.3. The first-order chi connectivity index (χ1) is 18.8. The molecular weight excluding hydrogens is 512 g/mol. The monoisotopic (exact) mass is 544 g/mol. The first-order valence-electron chi connectivity index (χ1n) is 12.9. The first kappa shape index (κ1) is 28.0. The lowest BCUT2D eigenvalue weighted by molar-refractivity contribution is -0.150. The van der Waals surface area contributed by atoms with E-state index < -0.39 is 30.1 Å². The van der Waals surface area contributed by atoms with Crippen LogP contribution in [0.25, 0.3) is 11.1 Å². The Kier molecular flexibility index (Phi) is 9.09. The van der Waals surface area contributed by atoms with Crippen molar-refractivity contribution >= 4 is 35.7 Å². The predicted molar refractivity (Wildman–Crippen MR) is 153 cm³/mol. The van der Waals surface area contributed by atoms with Crippen LogP contribution < -0.4 is 5.32 Å². The van der Waals surface area contributed by atoms with Gasteiger partial charge >= 0.3 is 12.1 Å². The van der Waals surface area contributed by atoms with Crippen molar-refractivity contribution in [3.63, 3.8) is 0 Å². The Hall–Kier alpha value is -4.04. The Bertz CT molecular complexity index is 1300. The Labute approximate surface area is 234 Å². The van der Waals surface area contributed by atoms with Crippen LogP contribution in [0, 0.1) is 5.92 Å². The maximum absolute atomic E-state index is 13.6. The van der Waals surface area contributed by atoms with Crippen molar-refractivity contribution in [2.45, 2.75) is 38.3 Å². The molecule has 0 saturated carbocycles. The molecule has 8 heteroatoms. The number of nitrogens with one attached hydrogen (secondary N) is 1. The third-order valence-electron chi connectivity index (χ3n) is 7.00. The van der Waals surface area contributed by atoms with Gasteiger partial charge in [0.2, 0.25) is 0 Å². The second-order valence-electron chi connectivity index (χ2n) is 9.77. The Morgan fingerprint density at radius 2 is 1.49 bits per heavy atom. The summed E-state index contributed by atoms with van der Waals surface area (Å²) in [5, 5.41) is 2.71. The van der Waals surface area contributed by atoms with Crippen LogP contribution in [-0.4, -0.2) is 54.2 Å². The van der Waals surface area contributed by atoms with Gasteiger partial charge in [-0.05, 0) is 33.7 Å². The molecule has 0 aliphatic heterocycles. The van der Waals surface area contributed by atoms with E-state index in [-0.39, 0.29) is 24.9 Å². The van der Waals surface area contributed by atoms with Gasteiger partial charge in [-0.2, -0.15) is 0 Å². The maximum atomic E-state index is 13.6. The average molecular weight is 545 g/mol. The van der Waals surface area contributed by atoms with Gasteiger partial charge in [-0.3, -0.25) is 9.69 Å². The average Bonchev–Trinajstić information content (AvgIpc) is 3.28. The molecule has 2 atom stereocenters. The highest BCUT2D eigenvalue weighted by molar-refractivity contribution is 7.78. The Morgan fingerprint density at radius 1 is 0.923 bits per heavy atom. The summed E-state index contributed by atoms with van der Waals surface area (Å²) < 4.78 is 10.6. The molecule has 0 fully saturated rings. The molecule has 7 nitrogen and oxygen atoms in total. The smallest absolute Gasteiger partial charge is 0.407 e. The molecule has 1 N–H and O–H groups in total. The standard InChI is InChI=1S/C31H32N2O5S/c1-20(2)28(29(34)33(19-39)27(30(35)37-3)17-21-11-5-4-6-12-21)32-31(36)38-18-26-24-15-9-7-13-22(24)23-14-8-10-16-25(23)26/h4-16,19-20,26-28H,17-18H2,1-3H3,(H,32,36)/t27-,28-/m0/s1. The zero-order valence-electron chi connectivity index (χ0n) is 22.2. The normalized spacial score (nSPS) is 13.5. The number of carbonyl (C=O) groups is 3. The van der Waals surface area contributed by atoms with E-state index in [1.165, 1.54) is 12.0 Å². The summed E-state index contributed by atoms with van der Waals surface area (Å²) in [5.41, 5.74) is 6.42. The molecule has 1 aliphatic carbocycles. The number of hydrogen-bond acceptors (Lipinski definition) is 6. The summed E-state index contributed by atoms with van der Waals surface area (Å²) in [7, 11) is 1.27. The number of methoxy groups -OCH3 is 1. The maximum Gasteiger partial charge on any atom is 0.407 e. The van der Waals surface area contributed by atoms with Crippen LogP contribution in [0.2, 0.25) is 0 Å². The molecule has 2 amide bonds. The van der Waals surface area contributed by atoms with Crippen LogP contribution in [-0.2, 0) is 25.5 Å². The SMILES string of the molecule is COC(=O)[C@H](Cc1ccccc1)N(C=S)C(=O)[C@@H](NC(=O)OCC1c2ccccc2-c2ccccc21)C(C)C. The van der Waals surface area contributed by atoms with Crippen LogP contribution in [0.1, 0.15) is 36.5 Å². The third-order valence-corrected chi connectivity index (χ3v) is 7.23. The number of carbonyl (C=O) groups excluding carboxylic acids is 3. The third kappa shape index (κ3) is 6.17. The number of esters is 1. The summed E-state index contributed by atoms with van der Waals surface area (Å²) in [6.45, 7) is 3.73. The molecule has 3 aromatic carbocycles. The van der Waals surface area contributed by atoms with E-state index in [4.69, 9.17) is 21.7 Å². The fourth-order valence-electron chi connectivity index (χ4n) is 4.99. The second kappa shape index (κ2) is 12.7. The number of ether oxygens (including phenoxy) is 2. The molecule has 39 heavy (non-hydrogen) atoms. The van der Waals surface area contributed by atoms with Gasteiger partial charge in [-0.1, -0.05) is 105 Å². The summed E-state index contributed by atoms with van der Waals surface area (Å²) in [4.78, 5) is 40.5. The van der Waals surface area contributed by atoms with E-state index in [1.54, 1.807) is 13.8 Å². The molecule has 202 valence electrons. The van der Waals surface area contributed by atoms with E-state index in [0.717, 1.165) is 33.3 Å².